The highest BCUT2D eigenvalue weighted by Gasteiger charge is 2.40. The van der Waals surface area contributed by atoms with Gasteiger partial charge in [-0.05, 0) is 12.1 Å². The summed E-state index contributed by atoms with van der Waals surface area (Å²) < 4.78 is 52.3. The molecule has 0 unspecified atom stereocenters. The topological polar surface area (TPSA) is 46.2 Å². The summed E-state index contributed by atoms with van der Waals surface area (Å²) in [5.74, 6) is -6.36. The second-order valence-corrected chi connectivity index (χ2v) is 3.62. The van der Waals surface area contributed by atoms with Crippen LogP contribution in [0.15, 0.2) is 12.1 Å². The maximum absolute atomic E-state index is 13.2. The first-order valence-corrected chi connectivity index (χ1v) is 4.56. The van der Waals surface area contributed by atoms with E-state index in [1.54, 1.807) is 0 Å². The van der Waals surface area contributed by atoms with Crippen LogP contribution in [0, 0.1) is 11.6 Å². The molecular weight excluding hydrogens is 285 g/mol. The summed E-state index contributed by atoms with van der Waals surface area (Å²) in [5, 5.41) is 8.10. The monoisotopic (exact) mass is 293 g/mol. The molecule has 0 aliphatic rings. The van der Waals surface area contributed by atoms with E-state index in [-0.39, 0.29) is 17.4 Å². The molecule has 0 spiro atoms. The Kier molecular flexibility index (Phi) is 5.67. The van der Waals surface area contributed by atoms with Gasteiger partial charge in [0.2, 0.25) is 0 Å². The van der Waals surface area contributed by atoms with Gasteiger partial charge < -0.3 is 10.8 Å². The molecule has 0 aliphatic carbocycles. The van der Waals surface area contributed by atoms with Gasteiger partial charge >= 0.3 is 0 Å². The molecule has 0 aromatic heterocycles. The maximum Gasteiger partial charge on any atom is 0.289 e. The number of halogens is 6. The summed E-state index contributed by atoms with van der Waals surface area (Å²) >= 11 is 5.32. The fourth-order valence-corrected chi connectivity index (χ4v) is 1.35. The Morgan fingerprint density at radius 2 is 1.71 bits per heavy atom. The average Bonchev–Trinajstić information content (AvgIpc) is 2.15. The lowest BCUT2D eigenvalue weighted by Gasteiger charge is -2.22. The van der Waals surface area contributed by atoms with E-state index in [0.717, 1.165) is 0 Å². The molecule has 17 heavy (non-hydrogen) atoms. The van der Waals surface area contributed by atoms with E-state index < -0.39 is 35.8 Å². The van der Waals surface area contributed by atoms with Crippen LogP contribution in [-0.2, 0) is 0 Å². The fourth-order valence-electron chi connectivity index (χ4n) is 1.16. The van der Waals surface area contributed by atoms with Gasteiger partial charge in [0.25, 0.3) is 5.92 Å². The molecule has 8 heteroatoms. The molecule has 2 nitrogen and oxygen atoms in total. The third-order valence-electron chi connectivity index (χ3n) is 2.02. The van der Waals surface area contributed by atoms with Gasteiger partial charge in [-0.3, -0.25) is 0 Å². The molecule has 0 aliphatic heterocycles. The minimum absolute atomic E-state index is 0. The van der Waals surface area contributed by atoms with E-state index in [1.807, 2.05) is 0 Å². The molecule has 1 rings (SSSR count). The number of benzene rings is 1. The van der Waals surface area contributed by atoms with Gasteiger partial charge in [-0.25, -0.2) is 17.6 Å². The van der Waals surface area contributed by atoms with Gasteiger partial charge in [0.1, 0.15) is 24.3 Å². The van der Waals surface area contributed by atoms with Gasteiger partial charge in [-0.1, -0.05) is 11.6 Å². The zero-order chi connectivity index (χ0) is 12.5. The van der Waals surface area contributed by atoms with Gasteiger partial charge in [0.15, 0.2) is 0 Å². The Morgan fingerprint density at radius 1 is 1.29 bits per heavy atom. The Bertz CT molecular complexity index is 380. The average molecular weight is 294 g/mol. The number of aliphatic hydroxyl groups is 1. The molecule has 1 aromatic carbocycles. The highest BCUT2D eigenvalue weighted by molar-refractivity contribution is 6.30. The van der Waals surface area contributed by atoms with Crippen molar-refractivity contribution in [3.8, 4) is 0 Å². The van der Waals surface area contributed by atoms with E-state index in [1.165, 1.54) is 0 Å². The number of hydrogen-bond donors (Lipinski definition) is 2. The van der Waals surface area contributed by atoms with Crippen LogP contribution >= 0.6 is 24.0 Å². The van der Waals surface area contributed by atoms with Crippen molar-refractivity contribution in [1.29, 1.82) is 0 Å². The Balaban J connectivity index is 0.00000256. The van der Waals surface area contributed by atoms with Crippen molar-refractivity contribution in [2.45, 2.75) is 12.0 Å². The maximum atomic E-state index is 13.2. The van der Waals surface area contributed by atoms with Gasteiger partial charge in [-0.2, -0.15) is 0 Å². The fraction of sp³-hybridized carbons (Fsp3) is 0.333. The largest absolute Gasteiger partial charge is 0.390 e. The number of nitrogens with two attached hydrogens (primary N) is 1. The van der Waals surface area contributed by atoms with Crippen LogP contribution in [0.4, 0.5) is 17.6 Å². The third kappa shape index (κ3) is 3.45. The second-order valence-electron chi connectivity index (χ2n) is 3.18. The molecule has 1 aromatic rings. The van der Waals surface area contributed by atoms with E-state index in [0.29, 0.717) is 12.1 Å². The lowest BCUT2D eigenvalue weighted by molar-refractivity contribution is -0.0726. The van der Waals surface area contributed by atoms with Crippen LogP contribution in [0.1, 0.15) is 11.6 Å². The quantitative estimate of drug-likeness (QED) is 0.842. The smallest absolute Gasteiger partial charge is 0.289 e. The zero-order valence-corrected chi connectivity index (χ0v) is 9.83. The molecule has 0 amide bonds. The number of alkyl halides is 2. The third-order valence-corrected chi connectivity index (χ3v) is 2.24. The SMILES string of the molecule is Cl.N[C@H](c1c(F)cc(Cl)cc1F)C(F)(F)CO. The van der Waals surface area contributed by atoms with Crippen molar-refractivity contribution >= 4 is 24.0 Å². The van der Waals surface area contributed by atoms with Crippen LogP contribution in [0.25, 0.3) is 0 Å². The minimum Gasteiger partial charge on any atom is -0.390 e. The number of aliphatic hydroxyl groups excluding tert-OH is 1. The Hall–Kier alpha value is -0.560. The second kappa shape index (κ2) is 5.86. The summed E-state index contributed by atoms with van der Waals surface area (Å²) in [4.78, 5) is 0. The summed E-state index contributed by atoms with van der Waals surface area (Å²) in [6.45, 7) is -1.60. The van der Waals surface area contributed by atoms with Crippen LogP contribution in [-0.4, -0.2) is 17.6 Å². The van der Waals surface area contributed by atoms with Crippen molar-refractivity contribution in [1.82, 2.24) is 0 Å². The van der Waals surface area contributed by atoms with Crippen LogP contribution in [0.5, 0.6) is 0 Å². The van der Waals surface area contributed by atoms with E-state index in [9.17, 15) is 17.6 Å². The highest BCUT2D eigenvalue weighted by Crippen LogP contribution is 2.33. The van der Waals surface area contributed by atoms with E-state index in [2.05, 4.69) is 0 Å². The van der Waals surface area contributed by atoms with Crippen molar-refractivity contribution in [3.63, 3.8) is 0 Å². The lowest BCUT2D eigenvalue weighted by atomic mass is 10.0. The van der Waals surface area contributed by atoms with Gasteiger partial charge in [-0.15, -0.1) is 12.4 Å². The van der Waals surface area contributed by atoms with Gasteiger partial charge in [0.05, 0.1) is 0 Å². The lowest BCUT2D eigenvalue weighted by Crippen LogP contribution is -2.37. The Morgan fingerprint density at radius 3 is 2.06 bits per heavy atom. The molecule has 1 atom stereocenters. The molecule has 0 radical (unpaired) electrons. The first-order chi connectivity index (χ1) is 7.29. The number of hydrogen-bond acceptors (Lipinski definition) is 2. The predicted molar refractivity (Wildman–Crippen MR) is 57.6 cm³/mol. The molecule has 0 heterocycles. The van der Waals surface area contributed by atoms with Crippen LogP contribution in [0.3, 0.4) is 0 Å². The van der Waals surface area contributed by atoms with Gasteiger partial charge in [0, 0.05) is 10.6 Å². The molecule has 0 fully saturated rings. The highest BCUT2D eigenvalue weighted by atomic mass is 35.5. The Labute approximate surface area is 106 Å². The molecule has 0 saturated heterocycles. The summed E-state index contributed by atoms with van der Waals surface area (Å²) in [6, 6.07) is -0.921. The summed E-state index contributed by atoms with van der Waals surface area (Å²) in [5.41, 5.74) is 4.01. The first kappa shape index (κ1) is 16.4. The standard InChI is InChI=1S/C9H8ClF4NO.ClH/c10-4-1-5(11)7(6(12)2-4)8(15)9(13,14)3-16;/h1-2,8,16H,3,15H2;1H/t8-;/m1./s1. The molecular formula is C9H9Cl2F4NO. The summed E-state index contributed by atoms with van der Waals surface area (Å²) in [7, 11) is 0. The summed E-state index contributed by atoms with van der Waals surface area (Å²) in [6.07, 6.45) is 0. The number of rotatable bonds is 3. The van der Waals surface area contributed by atoms with Crippen LogP contribution < -0.4 is 5.73 Å². The van der Waals surface area contributed by atoms with E-state index in [4.69, 9.17) is 22.4 Å². The molecule has 0 bridgehead atoms. The minimum atomic E-state index is -3.81. The normalized spacial score (nSPS) is 13.1. The van der Waals surface area contributed by atoms with E-state index >= 15 is 0 Å². The zero-order valence-electron chi connectivity index (χ0n) is 8.26. The predicted octanol–water partition coefficient (Wildman–Crippen LogP) is 2.67. The van der Waals surface area contributed by atoms with Crippen molar-refractivity contribution in [3.05, 3.63) is 34.4 Å². The molecule has 3 N–H and O–H groups in total. The van der Waals surface area contributed by atoms with Crippen molar-refractivity contribution < 1.29 is 22.7 Å². The van der Waals surface area contributed by atoms with Crippen molar-refractivity contribution in [2.24, 2.45) is 5.73 Å². The molecule has 0 saturated carbocycles. The van der Waals surface area contributed by atoms with Crippen molar-refractivity contribution in [2.75, 3.05) is 6.61 Å². The first-order valence-electron chi connectivity index (χ1n) is 4.18. The molecule has 98 valence electrons. The van der Waals surface area contributed by atoms with Crippen LogP contribution in [0.2, 0.25) is 5.02 Å².